The van der Waals surface area contributed by atoms with Gasteiger partial charge in [-0.25, -0.2) is 4.98 Å². The highest BCUT2D eigenvalue weighted by atomic mass is 32.1. The lowest BCUT2D eigenvalue weighted by Crippen LogP contribution is -2.14. The quantitative estimate of drug-likeness (QED) is 0.814. The van der Waals surface area contributed by atoms with Crippen LogP contribution in [-0.4, -0.2) is 10.9 Å². The van der Waals surface area contributed by atoms with Crippen LogP contribution in [0.4, 0.5) is 5.13 Å². The highest BCUT2D eigenvalue weighted by Gasteiger charge is 2.39. The van der Waals surface area contributed by atoms with E-state index in [1.807, 2.05) is 13.8 Å². The van der Waals surface area contributed by atoms with Gasteiger partial charge in [0, 0.05) is 10.8 Å². The van der Waals surface area contributed by atoms with Crippen molar-refractivity contribution >= 4 is 22.4 Å². The average Bonchev–Trinajstić information content (AvgIpc) is 2.74. The van der Waals surface area contributed by atoms with Crippen LogP contribution in [0.25, 0.3) is 0 Å². The van der Waals surface area contributed by atoms with E-state index < -0.39 is 0 Å². The molecule has 0 aliphatic heterocycles. The lowest BCUT2D eigenvalue weighted by Gasteiger charge is -1.98. The molecule has 1 heterocycles. The molecule has 0 aromatic carbocycles. The van der Waals surface area contributed by atoms with Crippen LogP contribution in [-0.2, 0) is 4.79 Å². The fourth-order valence-electron chi connectivity index (χ4n) is 1.41. The SMILES string of the molecule is Cc1nc(NC(=O)[C@H]2C[C@@H]2C)sc1C. The molecule has 1 aliphatic carbocycles. The number of carbonyl (C=O) groups is 1. The van der Waals surface area contributed by atoms with Crippen LogP contribution in [0.2, 0.25) is 0 Å². The Balaban J connectivity index is 2.00. The van der Waals surface area contributed by atoms with E-state index in [1.54, 1.807) is 11.3 Å². The summed E-state index contributed by atoms with van der Waals surface area (Å²) in [7, 11) is 0. The van der Waals surface area contributed by atoms with E-state index in [0.717, 1.165) is 17.2 Å². The molecular formula is C10H14N2OS. The third-order valence-electron chi connectivity index (χ3n) is 2.70. The first-order valence-electron chi connectivity index (χ1n) is 4.83. The molecule has 0 bridgehead atoms. The van der Waals surface area contributed by atoms with Crippen LogP contribution in [0.5, 0.6) is 0 Å². The molecule has 2 rings (SSSR count). The largest absolute Gasteiger partial charge is 0.302 e. The van der Waals surface area contributed by atoms with Gasteiger partial charge in [0.1, 0.15) is 0 Å². The second-order valence-corrected chi connectivity index (χ2v) is 5.17. The minimum atomic E-state index is 0.131. The van der Waals surface area contributed by atoms with Gasteiger partial charge in [0.2, 0.25) is 5.91 Å². The Hall–Kier alpha value is -0.900. The standard InChI is InChI=1S/C10H14N2OS/c1-5-4-8(5)9(13)12-10-11-6(2)7(3)14-10/h5,8H,4H2,1-3H3,(H,11,12,13)/t5-,8-/m0/s1. The van der Waals surface area contributed by atoms with E-state index in [2.05, 4.69) is 17.2 Å². The van der Waals surface area contributed by atoms with Crippen molar-refractivity contribution in [3.63, 3.8) is 0 Å². The fourth-order valence-corrected chi connectivity index (χ4v) is 2.23. The molecule has 1 fully saturated rings. The van der Waals surface area contributed by atoms with Crippen LogP contribution in [0.1, 0.15) is 23.9 Å². The number of aryl methyl sites for hydroxylation is 2. The van der Waals surface area contributed by atoms with Gasteiger partial charge in [0.15, 0.2) is 5.13 Å². The average molecular weight is 210 g/mol. The number of hydrogen-bond acceptors (Lipinski definition) is 3. The van der Waals surface area contributed by atoms with Gasteiger partial charge in [-0.3, -0.25) is 4.79 Å². The van der Waals surface area contributed by atoms with Crippen LogP contribution >= 0.6 is 11.3 Å². The lowest BCUT2D eigenvalue weighted by atomic mass is 10.3. The number of hydrogen-bond donors (Lipinski definition) is 1. The number of nitrogens with one attached hydrogen (secondary N) is 1. The Morgan fingerprint density at radius 2 is 2.21 bits per heavy atom. The predicted octanol–water partition coefficient (Wildman–Crippen LogP) is 2.35. The zero-order valence-corrected chi connectivity index (χ0v) is 9.44. The molecule has 0 spiro atoms. The van der Waals surface area contributed by atoms with E-state index in [4.69, 9.17) is 0 Å². The summed E-state index contributed by atoms with van der Waals surface area (Å²) in [6.45, 7) is 6.08. The van der Waals surface area contributed by atoms with Crippen LogP contribution in [0, 0.1) is 25.7 Å². The summed E-state index contributed by atoms with van der Waals surface area (Å²) in [5.41, 5.74) is 1.01. The van der Waals surface area contributed by atoms with Crippen molar-refractivity contribution in [2.45, 2.75) is 27.2 Å². The summed E-state index contributed by atoms with van der Waals surface area (Å²) in [6.07, 6.45) is 1.02. The summed E-state index contributed by atoms with van der Waals surface area (Å²) in [6, 6.07) is 0. The minimum absolute atomic E-state index is 0.131. The molecule has 0 radical (unpaired) electrons. The van der Waals surface area contributed by atoms with E-state index in [1.165, 1.54) is 4.88 Å². The van der Waals surface area contributed by atoms with Gasteiger partial charge < -0.3 is 5.32 Å². The molecule has 1 aliphatic rings. The zero-order chi connectivity index (χ0) is 10.3. The van der Waals surface area contributed by atoms with Crippen molar-refractivity contribution in [1.29, 1.82) is 0 Å². The Morgan fingerprint density at radius 3 is 2.64 bits per heavy atom. The molecule has 14 heavy (non-hydrogen) atoms. The summed E-state index contributed by atoms with van der Waals surface area (Å²) in [4.78, 5) is 17.0. The molecular weight excluding hydrogens is 196 g/mol. The van der Waals surface area contributed by atoms with Crippen molar-refractivity contribution in [1.82, 2.24) is 4.98 Å². The van der Waals surface area contributed by atoms with E-state index >= 15 is 0 Å². The molecule has 3 nitrogen and oxygen atoms in total. The van der Waals surface area contributed by atoms with Crippen LogP contribution < -0.4 is 5.32 Å². The second kappa shape index (κ2) is 3.35. The molecule has 2 atom stereocenters. The molecule has 4 heteroatoms. The van der Waals surface area contributed by atoms with Gasteiger partial charge in [-0.1, -0.05) is 6.92 Å². The molecule has 76 valence electrons. The third kappa shape index (κ3) is 1.80. The van der Waals surface area contributed by atoms with Crippen molar-refractivity contribution in [2.75, 3.05) is 5.32 Å². The first-order valence-corrected chi connectivity index (χ1v) is 5.64. The van der Waals surface area contributed by atoms with E-state index in [0.29, 0.717) is 5.92 Å². The maximum Gasteiger partial charge on any atom is 0.229 e. The summed E-state index contributed by atoms with van der Waals surface area (Å²) in [5, 5.41) is 3.60. The molecule has 0 saturated heterocycles. The molecule has 0 unspecified atom stereocenters. The smallest absolute Gasteiger partial charge is 0.229 e. The molecule has 1 amide bonds. The monoisotopic (exact) mass is 210 g/mol. The number of amides is 1. The number of rotatable bonds is 2. The number of nitrogens with zero attached hydrogens (tertiary/aromatic N) is 1. The maximum absolute atomic E-state index is 11.6. The Bertz CT molecular complexity index is 353. The van der Waals surface area contributed by atoms with Gasteiger partial charge >= 0.3 is 0 Å². The van der Waals surface area contributed by atoms with Gasteiger partial charge in [-0.15, -0.1) is 11.3 Å². The van der Waals surface area contributed by atoms with Gasteiger partial charge in [-0.05, 0) is 26.2 Å². The number of aromatic nitrogens is 1. The maximum atomic E-state index is 11.6. The van der Waals surface area contributed by atoms with Gasteiger partial charge in [0.25, 0.3) is 0 Å². The molecule has 1 aromatic heterocycles. The highest BCUT2D eigenvalue weighted by Crippen LogP contribution is 2.38. The number of carbonyl (C=O) groups excluding carboxylic acids is 1. The predicted molar refractivity (Wildman–Crippen MR) is 57.5 cm³/mol. The van der Waals surface area contributed by atoms with Gasteiger partial charge in [0.05, 0.1) is 5.69 Å². The summed E-state index contributed by atoms with van der Waals surface area (Å²) >= 11 is 1.55. The fraction of sp³-hybridized carbons (Fsp3) is 0.600. The highest BCUT2D eigenvalue weighted by molar-refractivity contribution is 7.15. The topological polar surface area (TPSA) is 42.0 Å². The van der Waals surface area contributed by atoms with Gasteiger partial charge in [-0.2, -0.15) is 0 Å². The van der Waals surface area contributed by atoms with Crippen molar-refractivity contribution in [3.8, 4) is 0 Å². The number of anilines is 1. The van der Waals surface area contributed by atoms with E-state index in [9.17, 15) is 4.79 Å². The summed E-state index contributed by atoms with van der Waals surface area (Å²) in [5.74, 6) is 0.905. The van der Waals surface area contributed by atoms with Crippen molar-refractivity contribution in [2.24, 2.45) is 11.8 Å². The normalized spacial score (nSPS) is 24.8. The van der Waals surface area contributed by atoms with Crippen molar-refractivity contribution < 1.29 is 4.79 Å². The Kier molecular flexibility index (Phi) is 2.31. The third-order valence-corrected chi connectivity index (χ3v) is 3.69. The lowest BCUT2D eigenvalue weighted by molar-refractivity contribution is -0.117. The number of thiazole rings is 1. The Labute approximate surface area is 87.6 Å². The van der Waals surface area contributed by atoms with Crippen LogP contribution in [0.15, 0.2) is 0 Å². The second-order valence-electron chi connectivity index (χ2n) is 3.97. The minimum Gasteiger partial charge on any atom is -0.302 e. The first kappa shape index (κ1) is 9.65. The van der Waals surface area contributed by atoms with Crippen molar-refractivity contribution in [3.05, 3.63) is 10.6 Å². The Morgan fingerprint density at radius 1 is 1.57 bits per heavy atom. The molecule has 1 N–H and O–H groups in total. The molecule has 1 aromatic rings. The van der Waals surface area contributed by atoms with Crippen LogP contribution in [0.3, 0.4) is 0 Å². The summed E-state index contributed by atoms with van der Waals surface area (Å²) < 4.78 is 0. The first-order chi connectivity index (χ1) is 6.58. The molecule has 1 saturated carbocycles. The zero-order valence-electron chi connectivity index (χ0n) is 8.63. The van der Waals surface area contributed by atoms with E-state index in [-0.39, 0.29) is 11.8 Å².